The van der Waals surface area contributed by atoms with Crippen LogP contribution in [0.2, 0.25) is 0 Å². The summed E-state index contributed by atoms with van der Waals surface area (Å²) < 4.78 is 6.06. The van der Waals surface area contributed by atoms with E-state index in [1.54, 1.807) is 36.7 Å². The number of carbonyl (C=O) groups is 1. The molecule has 0 aliphatic carbocycles. The van der Waals surface area contributed by atoms with Crippen molar-refractivity contribution in [3.63, 3.8) is 0 Å². The van der Waals surface area contributed by atoms with Crippen LogP contribution < -0.4 is 16.4 Å². The molecular formula is C24H29N5O2. The van der Waals surface area contributed by atoms with Crippen LogP contribution in [0.1, 0.15) is 47.7 Å². The molecule has 0 radical (unpaired) electrons. The Balaban J connectivity index is 1.53. The molecular weight excluding hydrogens is 390 g/mol. The van der Waals surface area contributed by atoms with Crippen molar-refractivity contribution in [2.75, 3.05) is 11.1 Å². The summed E-state index contributed by atoms with van der Waals surface area (Å²) in [7, 11) is 0. The van der Waals surface area contributed by atoms with Gasteiger partial charge in [-0.1, -0.05) is 31.5 Å². The number of pyridine rings is 2. The van der Waals surface area contributed by atoms with Crippen LogP contribution in [-0.2, 0) is 17.9 Å². The van der Waals surface area contributed by atoms with Crippen molar-refractivity contribution in [3.8, 4) is 0 Å². The van der Waals surface area contributed by atoms with Gasteiger partial charge in [-0.2, -0.15) is 0 Å². The van der Waals surface area contributed by atoms with Gasteiger partial charge in [-0.05, 0) is 54.3 Å². The largest absolute Gasteiger partial charge is 0.382 e. The molecule has 1 atom stereocenters. The first-order valence-electron chi connectivity index (χ1n) is 10.5. The lowest BCUT2D eigenvalue weighted by molar-refractivity contribution is 0.00941. The fourth-order valence-corrected chi connectivity index (χ4v) is 3.04. The normalized spacial score (nSPS) is 11.8. The number of amides is 1. The number of carbonyl (C=O) groups excluding carboxylic acids is 1. The lowest BCUT2D eigenvalue weighted by Gasteiger charge is -2.19. The summed E-state index contributed by atoms with van der Waals surface area (Å²) in [5.74, 6) is 0.0703. The standard InChI is InChI=1S/C24H29N5O2/c1-2-3-8-22(31-17-19-6-4-13-26-15-19)28-16-18-9-11-20(12-10-18)24(30)29-21-7-5-14-27-23(21)25/h4-7,9-15,22,28H,2-3,8,16-17H2,1H3,(H2,25,27)(H,29,30). The Labute approximate surface area is 183 Å². The number of aromatic nitrogens is 2. The summed E-state index contributed by atoms with van der Waals surface area (Å²) in [5.41, 5.74) is 8.97. The van der Waals surface area contributed by atoms with Crippen LogP contribution in [0, 0.1) is 0 Å². The minimum atomic E-state index is -0.222. The molecule has 0 saturated heterocycles. The Kier molecular flexibility index (Phi) is 8.51. The van der Waals surface area contributed by atoms with Gasteiger partial charge < -0.3 is 15.8 Å². The smallest absolute Gasteiger partial charge is 0.255 e. The van der Waals surface area contributed by atoms with E-state index in [9.17, 15) is 4.79 Å². The highest BCUT2D eigenvalue weighted by Gasteiger charge is 2.11. The van der Waals surface area contributed by atoms with Crippen LogP contribution in [0.3, 0.4) is 0 Å². The number of nitrogens with two attached hydrogens (primary N) is 1. The Morgan fingerprint density at radius 3 is 2.61 bits per heavy atom. The molecule has 3 aromatic rings. The molecule has 2 heterocycles. The van der Waals surface area contributed by atoms with Gasteiger partial charge in [0.15, 0.2) is 0 Å². The monoisotopic (exact) mass is 419 g/mol. The van der Waals surface area contributed by atoms with Crippen molar-refractivity contribution >= 4 is 17.4 Å². The number of nitrogens with zero attached hydrogens (tertiary/aromatic N) is 2. The summed E-state index contributed by atoms with van der Waals surface area (Å²) in [5, 5.41) is 6.25. The van der Waals surface area contributed by atoms with Gasteiger partial charge in [0, 0.05) is 30.7 Å². The first-order valence-corrected chi connectivity index (χ1v) is 10.5. The highest BCUT2D eigenvalue weighted by molar-refractivity contribution is 6.05. The number of benzene rings is 1. The second-order valence-corrected chi connectivity index (χ2v) is 7.27. The third-order valence-corrected chi connectivity index (χ3v) is 4.83. The predicted molar refractivity (Wildman–Crippen MR) is 122 cm³/mol. The number of hydrogen-bond acceptors (Lipinski definition) is 6. The molecule has 1 unspecified atom stereocenters. The van der Waals surface area contributed by atoms with E-state index in [1.165, 1.54) is 0 Å². The summed E-state index contributed by atoms with van der Waals surface area (Å²) in [6.45, 7) is 3.34. The van der Waals surface area contributed by atoms with Crippen LogP contribution >= 0.6 is 0 Å². The van der Waals surface area contributed by atoms with E-state index in [-0.39, 0.29) is 12.1 Å². The number of unbranched alkanes of at least 4 members (excludes halogenated alkanes) is 1. The third kappa shape index (κ3) is 7.16. The Hall–Kier alpha value is -3.29. The van der Waals surface area contributed by atoms with E-state index in [2.05, 4.69) is 27.5 Å². The molecule has 0 saturated carbocycles. The first-order chi connectivity index (χ1) is 15.2. The van der Waals surface area contributed by atoms with E-state index in [0.717, 1.165) is 30.4 Å². The van der Waals surface area contributed by atoms with Gasteiger partial charge in [-0.3, -0.25) is 15.1 Å². The van der Waals surface area contributed by atoms with Crippen LogP contribution in [0.15, 0.2) is 67.1 Å². The topological polar surface area (TPSA) is 102 Å². The minimum absolute atomic E-state index is 0.0447. The van der Waals surface area contributed by atoms with Crippen LogP contribution in [0.4, 0.5) is 11.5 Å². The molecule has 31 heavy (non-hydrogen) atoms. The molecule has 0 fully saturated rings. The third-order valence-electron chi connectivity index (χ3n) is 4.83. The van der Waals surface area contributed by atoms with Crippen LogP contribution in [-0.4, -0.2) is 22.1 Å². The molecule has 7 heteroatoms. The van der Waals surface area contributed by atoms with Crippen molar-refractivity contribution < 1.29 is 9.53 Å². The van der Waals surface area contributed by atoms with Gasteiger partial charge >= 0.3 is 0 Å². The SMILES string of the molecule is CCCCC(NCc1ccc(C(=O)Nc2cccnc2N)cc1)OCc1cccnc1. The maximum absolute atomic E-state index is 12.4. The second kappa shape index (κ2) is 11.8. The van der Waals surface area contributed by atoms with Crippen LogP contribution in [0.25, 0.3) is 0 Å². The molecule has 0 aliphatic rings. The number of nitrogen functional groups attached to an aromatic ring is 1. The van der Waals surface area contributed by atoms with E-state index >= 15 is 0 Å². The van der Waals surface area contributed by atoms with Crippen molar-refractivity contribution in [2.45, 2.75) is 45.6 Å². The van der Waals surface area contributed by atoms with Gasteiger partial charge in [0.2, 0.25) is 0 Å². The lowest BCUT2D eigenvalue weighted by Crippen LogP contribution is -2.31. The molecule has 0 aliphatic heterocycles. The van der Waals surface area contributed by atoms with E-state index < -0.39 is 0 Å². The van der Waals surface area contributed by atoms with E-state index in [4.69, 9.17) is 10.5 Å². The zero-order valence-corrected chi connectivity index (χ0v) is 17.8. The molecule has 0 bridgehead atoms. The van der Waals surface area contributed by atoms with Crippen molar-refractivity contribution in [1.29, 1.82) is 0 Å². The molecule has 1 amide bonds. The average Bonchev–Trinajstić information content (AvgIpc) is 2.81. The Bertz CT molecular complexity index is 948. The summed E-state index contributed by atoms with van der Waals surface area (Å²) in [6.07, 6.45) is 8.24. The summed E-state index contributed by atoms with van der Waals surface area (Å²) >= 11 is 0. The fraction of sp³-hybridized carbons (Fsp3) is 0.292. The quantitative estimate of drug-likeness (QED) is 0.404. The first kappa shape index (κ1) is 22.4. The molecule has 162 valence electrons. The number of nitrogens with one attached hydrogen (secondary N) is 2. The lowest BCUT2D eigenvalue weighted by atomic mass is 10.1. The predicted octanol–water partition coefficient (Wildman–Crippen LogP) is 4.13. The summed E-state index contributed by atoms with van der Waals surface area (Å²) in [6, 6.07) is 14.8. The van der Waals surface area contributed by atoms with Gasteiger partial charge in [-0.15, -0.1) is 0 Å². The summed E-state index contributed by atoms with van der Waals surface area (Å²) in [4.78, 5) is 20.6. The Morgan fingerprint density at radius 2 is 1.90 bits per heavy atom. The fourth-order valence-electron chi connectivity index (χ4n) is 3.04. The minimum Gasteiger partial charge on any atom is -0.382 e. The highest BCUT2D eigenvalue weighted by atomic mass is 16.5. The number of ether oxygens (including phenoxy) is 1. The van der Waals surface area contributed by atoms with Crippen molar-refractivity contribution in [3.05, 3.63) is 83.8 Å². The maximum Gasteiger partial charge on any atom is 0.255 e. The molecule has 2 aromatic heterocycles. The molecule has 0 spiro atoms. The molecule has 4 N–H and O–H groups in total. The van der Waals surface area contributed by atoms with Gasteiger partial charge in [0.1, 0.15) is 12.0 Å². The Morgan fingerprint density at radius 1 is 1.10 bits per heavy atom. The van der Waals surface area contributed by atoms with Crippen LogP contribution in [0.5, 0.6) is 0 Å². The zero-order chi connectivity index (χ0) is 21.9. The van der Waals surface area contributed by atoms with Crippen molar-refractivity contribution in [2.24, 2.45) is 0 Å². The number of anilines is 2. The van der Waals surface area contributed by atoms with Gasteiger partial charge in [-0.25, -0.2) is 4.98 Å². The molecule has 7 nitrogen and oxygen atoms in total. The second-order valence-electron chi connectivity index (χ2n) is 7.27. The van der Waals surface area contributed by atoms with E-state index in [1.807, 2.05) is 30.5 Å². The number of rotatable bonds is 11. The van der Waals surface area contributed by atoms with Crippen molar-refractivity contribution in [1.82, 2.24) is 15.3 Å². The molecule has 3 rings (SSSR count). The van der Waals surface area contributed by atoms with Gasteiger partial charge in [0.05, 0.1) is 12.3 Å². The highest BCUT2D eigenvalue weighted by Crippen LogP contribution is 2.16. The maximum atomic E-state index is 12.4. The average molecular weight is 420 g/mol. The van der Waals surface area contributed by atoms with Gasteiger partial charge in [0.25, 0.3) is 5.91 Å². The zero-order valence-electron chi connectivity index (χ0n) is 17.8. The molecule has 1 aromatic carbocycles. The van der Waals surface area contributed by atoms with E-state index in [0.29, 0.717) is 30.2 Å². The number of hydrogen-bond donors (Lipinski definition) is 3.